The summed E-state index contributed by atoms with van der Waals surface area (Å²) in [5.41, 5.74) is 4.69. The van der Waals surface area contributed by atoms with Gasteiger partial charge in [0.2, 0.25) is 0 Å². The number of aryl methyl sites for hydroxylation is 1. The molecule has 2 atom stereocenters. The third-order valence-electron chi connectivity index (χ3n) is 4.40. The van der Waals surface area contributed by atoms with Gasteiger partial charge in [-0.25, -0.2) is 0 Å². The zero-order valence-electron chi connectivity index (χ0n) is 14.6. The van der Waals surface area contributed by atoms with Crippen LogP contribution >= 0.6 is 11.3 Å². The number of anilines is 1. The number of fused-ring (bicyclic) bond motifs is 1. The van der Waals surface area contributed by atoms with E-state index in [-0.39, 0.29) is 0 Å². The van der Waals surface area contributed by atoms with Crippen LogP contribution in [0.5, 0.6) is 0 Å². The fourth-order valence-corrected chi connectivity index (χ4v) is 4.63. The summed E-state index contributed by atoms with van der Waals surface area (Å²) in [6.07, 6.45) is 3.05. The molecule has 26 heavy (non-hydrogen) atoms. The van der Waals surface area contributed by atoms with E-state index in [0.717, 1.165) is 29.3 Å². The van der Waals surface area contributed by atoms with Crippen LogP contribution in [-0.2, 0) is 6.42 Å². The number of H-pyrrole nitrogens is 1. The standard InChI is InChI=1S/C20H21AsN4S/c1-13-17-10-15(7-8-18(17)25-24-13)19-12-23-20(26-19)22-11-16(21)9-14-5-3-2-4-6-14/h2-8,10,12,16H,9,11,21H2,1H3,(H,22,23)(H,24,25)/t16-/m0/s1. The van der Waals surface area contributed by atoms with Crippen molar-refractivity contribution in [2.45, 2.75) is 18.1 Å². The predicted molar refractivity (Wildman–Crippen MR) is 113 cm³/mol. The second-order valence-electron chi connectivity index (χ2n) is 6.43. The van der Waals surface area contributed by atoms with Crippen LogP contribution in [0.4, 0.5) is 5.13 Å². The van der Waals surface area contributed by atoms with Crippen LogP contribution in [0.25, 0.3) is 21.3 Å². The first-order valence-electron chi connectivity index (χ1n) is 8.63. The van der Waals surface area contributed by atoms with Gasteiger partial charge in [0.25, 0.3) is 0 Å². The molecular formula is C20H21AsN4S. The minimum atomic E-state index is 0.613. The van der Waals surface area contributed by atoms with E-state index in [4.69, 9.17) is 0 Å². The number of benzene rings is 2. The van der Waals surface area contributed by atoms with Crippen molar-refractivity contribution in [2.24, 2.45) is 0 Å². The summed E-state index contributed by atoms with van der Waals surface area (Å²) < 4.78 is 0.613. The maximum absolute atomic E-state index is 4.55. The molecule has 1 unspecified atom stereocenters. The van der Waals surface area contributed by atoms with Crippen LogP contribution in [0.15, 0.2) is 54.7 Å². The van der Waals surface area contributed by atoms with Crippen molar-refractivity contribution in [3.05, 3.63) is 66.0 Å². The van der Waals surface area contributed by atoms with Crippen molar-refractivity contribution < 1.29 is 0 Å². The van der Waals surface area contributed by atoms with Gasteiger partial charge in [-0.15, -0.1) is 0 Å². The molecule has 0 saturated carbocycles. The van der Waals surface area contributed by atoms with Gasteiger partial charge >= 0.3 is 166 Å². The molecule has 0 bridgehead atoms. The van der Waals surface area contributed by atoms with Gasteiger partial charge in [0.05, 0.1) is 0 Å². The van der Waals surface area contributed by atoms with Crippen molar-refractivity contribution in [2.75, 3.05) is 11.9 Å². The average Bonchev–Trinajstić information content (AvgIpc) is 3.28. The Hall–Kier alpha value is -2.10. The van der Waals surface area contributed by atoms with E-state index in [1.54, 1.807) is 28.2 Å². The molecule has 0 amide bonds. The van der Waals surface area contributed by atoms with Gasteiger partial charge in [0.1, 0.15) is 0 Å². The second-order valence-corrected chi connectivity index (χ2v) is 9.44. The molecule has 0 fully saturated rings. The molecule has 4 rings (SSSR count). The summed E-state index contributed by atoms with van der Waals surface area (Å²) >= 11 is 3.48. The maximum atomic E-state index is 4.55. The molecule has 0 aliphatic rings. The van der Waals surface area contributed by atoms with E-state index in [1.807, 2.05) is 13.1 Å². The summed E-state index contributed by atoms with van der Waals surface area (Å²) in [5, 5.41) is 13.0. The molecule has 2 aromatic heterocycles. The van der Waals surface area contributed by atoms with Crippen LogP contribution < -0.4 is 5.32 Å². The first-order valence-corrected chi connectivity index (χ1v) is 10.8. The molecule has 0 spiro atoms. The summed E-state index contributed by atoms with van der Waals surface area (Å²) in [4.78, 5) is 5.73. The number of hydrogen-bond donors (Lipinski definition) is 2. The molecular weight excluding hydrogens is 403 g/mol. The van der Waals surface area contributed by atoms with Gasteiger partial charge in [-0.2, -0.15) is 0 Å². The van der Waals surface area contributed by atoms with E-state index in [0.29, 0.717) is 4.71 Å². The normalized spacial score (nSPS) is 12.4. The van der Waals surface area contributed by atoms with Crippen LogP contribution in [0, 0.1) is 6.92 Å². The fourth-order valence-electron chi connectivity index (χ4n) is 3.00. The zero-order valence-corrected chi connectivity index (χ0v) is 17.8. The molecule has 2 heterocycles. The Bertz CT molecular complexity index is 1010. The van der Waals surface area contributed by atoms with Gasteiger partial charge in [0, 0.05) is 0 Å². The number of nitrogens with zero attached hydrogens (tertiary/aromatic N) is 2. The third kappa shape index (κ3) is 3.84. The van der Waals surface area contributed by atoms with Crippen molar-refractivity contribution in [1.82, 2.24) is 15.2 Å². The number of aromatic nitrogens is 3. The van der Waals surface area contributed by atoms with E-state index in [1.165, 1.54) is 21.4 Å². The number of nitrogens with one attached hydrogen (secondary N) is 2. The van der Waals surface area contributed by atoms with Gasteiger partial charge in [0.15, 0.2) is 0 Å². The topological polar surface area (TPSA) is 53.6 Å². The van der Waals surface area contributed by atoms with E-state index < -0.39 is 0 Å². The number of thiazole rings is 1. The van der Waals surface area contributed by atoms with E-state index in [9.17, 15) is 0 Å². The Labute approximate surface area is 165 Å². The zero-order chi connectivity index (χ0) is 17.9. The summed E-state index contributed by atoms with van der Waals surface area (Å²) in [7, 11) is 0. The van der Waals surface area contributed by atoms with Crippen LogP contribution in [0.3, 0.4) is 0 Å². The molecule has 0 saturated heterocycles. The van der Waals surface area contributed by atoms with E-state index >= 15 is 0 Å². The Balaban J connectivity index is 1.41. The number of rotatable bonds is 6. The summed E-state index contributed by atoms with van der Waals surface area (Å²) in [6.45, 7) is 2.97. The molecule has 4 aromatic rings. The third-order valence-corrected chi connectivity index (χ3v) is 6.39. The Morgan fingerprint density at radius 2 is 2.04 bits per heavy atom. The van der Waals surface area contributed by atoms with Crippen molar-refractivity contribution in [3.63, 3.8) is 0 Å². The van der Waals surface area contributed by atoms with Crippen molar-refractivity contribution in [3.8, 4) is 10.4 Å². The Kier molecular flexibility index (Phi) is 5.09. The van der Waals surface area contributed by atoms with Crippen LogP contribution in [0.2, 0.25) is 4.71 Å². The average molecular weight is 424 g/mol. The molecule has 2 N–H and O–H groups in total. The van der Waals surface area contributed by atoms with Gasteiger partial charge < -0.3 is 0 Å². The molecule has 0 aliphatic carbocycles. The van der Waals surface area contributed by atoms with Crippen molar-refractivity contribution in [1.29, 1.82) is 0 Å². The second kappa shape index (κ2) is 7.65. The molecule has 132 valence electrons. The SMILES string of the molecule is Cc1n[nH]c2ccc(-c3cnc(NC[C@@H]([AsH2])Cc4ccccc4)s3)cc12. The van der Waals surface area contributed by atoms with Crippen LogP contribution in [-0.4, -0.2) is 38.6 Å². The quantitative estimate of drug-likeness (QED) is 0.459. The molecule has 6 heteroatoms. The molecule has 2 aromatic carbocycles. The van der Waals surface area contributed by atoms with Gasteiger partial charge in [-0.05, 0) is 0 Å². The Morgan fingerprint density at radius 1 is 1.19 bits per heavy atom. The van der Waals surface area contributed by atoms with Crippen LogP contribution in [0.1, 0.15) is 11.3 Å². The molecule has 4 nitrogen and oxygen atoms in total. The Morgan fingerprint density at radius 3 is 2.88 bits per heavy atom. The number of aromatic amines is 1. The van der Waals surface area contributed by atoms with Crippen molar-refractivity contribution >= 4 is 44.2 Å². The molecule has 0 radical (unpaired) electrons. The minimum absolute atomic E-state index is 0.613. The van der Waals surface area contributed by atoms with Gasteiger partial charge in [-0.3, -0.25) is 0 Å². The fraction of sp³-hybridized carbons (Fsp3) is 0.200. The molecule has 0 aliphatic heterocycles. The summed E-state index contributed by atoms with van der Waals surface area (Å²) in [6, 6.07) is 17.1. The first kappa shape index (κ1) is 17.3. The monoisotopic (exact) mass is 424 g/mol. The predicted octanol–water partition coefficient (Wildman–Crippen LogP) is 4.07. The van der Waals surface area contributed by atoms with E-state index in [2.05, 4.69) is 69.0 Å². The number of hydrogen-bond acceptors (Lipinski definition) is 4. The van der Waals surface area contributed by atoms with Gasteiger partial charge in [-0.1, -0.05) is 0 Å². The summed E-state index contributed by atoms with van der Waals surface area (Å²) in [5.74, 6) is 0. The first-order chi connectivity index (χ1) is 12.7.